The van der Waals surface area contributed by atoms with Crippen molar-refractivity contribution in [1.82, 2.24) is 10.3 Å². The van der Waals surface area contributed by atoms with Gasteiger partial charge in [0.2, 0.25) is 0 Å². The number of benzene rings is 1. The number of nitrogens with zero attached hydrogens (tertiary/aromatic N) is 3. The molecular weight excluding hydrogens is 248 g/mol. The van der Waals surface area contributed by atoms with Gasteiger partial charge >= 0.3 is 0 Å². The summed E-state index contributed by atoms with van der Waals surface area (Å²) in [5.41, 5.74) is 8.55. The molecule has 1 aromatic carbocycles. The number of aromatic nitrogens is 2. The lowest BCUT2D eigenvalue weighted by Crippen LogP contribution is -2.30. The van der Waals surface area contributed by atoms with Gasteiger partial charge in [-0.15, -0.1) is 0 Å². The van der Waals surface area contributed by atoms with Crippen LogP contribution in [0.4, 0.5) is 11.4 Å². The molecule has 19 heavy (non-hydrogen) atoms. The monoisotopic (exact) mass is 266 g/mol. The zero-order valence-electron chi connectivity index (χ0n) is 11.1. The molecule has 0 aliphatic heterocycles. The predicted octanol–water partition coefficient (Wildman–Crippen LogP) is 0.904. The third-order valence-electron chi connectivity index (χ3n) is 2.90. The van der Waals surface area contributed by atoms with Crippen LogP contribution in [0.2, 0.25) is 0 Å². The Morgan fingerprint density at radius 2 is 1.74 bits per heavy atom. The molecule has 2 aromatic rings. The number of fused-ring (bicyclic) bond motifs is 1. The SMILES string of the molecule is COCCN(CCOC)c1ccc(N)c2nonc12. The number of hydrogen-bond acceptors (Lipinski definition) is 7. The van der Waals surface area contributed by atoms with Gasteiger partial charge in [0.05, 0.1) is 24.6 Å². The minimum absolute atomic E-state index is 0.554. The Bertz CT molecular complexity index is 521. The van der Waals surface area contributed by atoms with Crippen LogP contribution in [0.3, 0.4) is 0 Å². The molecule has 1 aromatic heterocycles. The van der Waals surface area contributed by atoms with E-state index in [0.717, 1.165) is 18.8 Å². The lowest BCUT2D eigenvalue weighted by Gasteiger charge is -2.24. The minimum atomic E-state index is 0.554. The van der Waals surface area contributed by atoms with Crippen molar-refractivity contribution in [3.8, 4) is 0 Å². The highest BCUT2D eigenvalue weighted by Gasteiger charge is 2.15. The first-order chi connectivity index (χ1) is 9.27. The standard InChI is InChI=1S/C12H18N4O3/c1-17-7-5-16(6-8-18-2)10-4-3-9(13)11-12(10)15-19-14-11/h3-4H,5-8,13H2,1-2H3. The maximum absolute atomic E-state index is 5.84. The van der Waals surface area contributed by atoms with Crippen molar-refractivity contribution in [2.75, 3.05) is 51.2 Å². The van der Waals surface area contributed by atoms with Crippen LogP contribution >= 0.6 is 0 Å². The lowest BCUT2D eigenvalue weighted by molar-refractivity contribution is 0.190. The summed E-state index contributed by atoms with van der Waals surface area (Å²) in [5, 5.41) is 7.75. The van der Waals surface area contributed by atoms with Crippen molar-refractivity contribution >= 4 is 22.4 Å². The molecule has 0 amide bonds. The predicted molar refractivity (Wildman–Crippen MR) is 72.2 cm³/mol. The van der Waals surface area contributed by atoms with Gasteiger partial charge in [0.1, 0.15) is 0 Å². The molecule has 0 fully saturated rings. The van der Waals surface area contributed by atoms with Crippen LogP contribution in [0.15, 0.2) is 16.8 Å². The summed E-state index contributed by atoms with van der Waals surface area (Å²) in [6.45, 7) is 2.68. The number of anilines is 2. The van der Waals surface area contributed by atoms with E-state index in [4.69, 9.17) is 19.8 Å². The van der Waals surface area contributed by atoms with E-state index in [1.165, 1.54) is 0 Å². The topological polar surface area (TPSA) is 86.6 Å². The van der Waals surface area contributed by atoms with E-state index >= 15 is 0 Å². The van der Waals surface area contributed by atoms with E-state index in [9.17, 15) is 0 Å². The van der Waals surface area contributed by atoms with E-state index in [1.54, 1.807) is 20.3 Å². The van der Waals surface area contributed by atoms with Crippen LogP contribution in [-0.4, -0.2) is 50.8 Å². The number of nitrogens with two attached hydrogens (primary N) is 1. The Morgan fingerprint density at radius 3 is 2.37 bits per heavy atom. The van der Waals surface area contributed by atoms with Gasteiger partial charge in [-0.1, -0.05) is 0 Å². The van der Waals surface area contributed by atoms with Crippen LogP contribution in [0.5, 0.6) is 0 Å². The van der Waals surface area contributed by atoms with Crippen LogP contribution in [0, 0.1) is 0 Å². The molecule has 0 radical (unpaired) electrons. The molecule has 2 rings (SSSR count). The van der Waals surface area contributed by atoms with Crippen molar-refractivity contribution in [3.05, 3.63) is 12.1 Å². The zero-order chi connectivity index (χ0) is 13.7. The van der Waals surface area contributed by atoms with Gasteiger partial charge in [-0.3, -0.25) is 0 Å². The van der Waals surface area contributed by atoms with Gasteiger partial charge in [-0.2, -0.15) is 0 Å². The van der Waals surface area contributed by atoms with Crippen LogP contribution < -0.4 is 10.6 Å². The molecule has 0 saturated carbocycles. The van der Waals surface area contributed by atoms with E-state index in [2.05, 4.69) is 15.2 Å². The van der Waals surface area contributed by atoms with Crippen molar-refractivity contribution in [2.24, 2.45) is 0 Å². The fourth-order valence-electron chi connectivity index (χ4n) is 1.88. The third-order valence-corrected chi connectivity index (χ3v) is 2.90. The summed E-state index contributed by atoms with van der Waals surface area (Å²) in [7, 11) is 3.34. The molecule has 104 valence electrons. The Morgan fingerprint density at radius 1 is 1.11 bits per heavy atom. The molecule has 0 spiro atoms. The summed E-state index contributed by atoms with van der Waals surface area (Å²) >= 11 is 0. The molecule has 0 unspecified atom stereocenters. The highest BCUT2D eigenvalue weighted by atomic mass is 16.6. The second-order valence-corrected chi connectivity index (χ2v) is 4.11. The Kier molecular flexibility index (Phi) is 4.53. The first-order valence-corrected chi connectivity index (χ1v) is 6.01. The first-order valence-electron chi connectivity index (χ1n) is 6.01. The first kappa shape index (κ1) is 13.6. The Balaban J connectivity index is 2.31. The fourth-order valence-corrected chi connectivity index (χ4v) is 1.88. The summed E-state index contributed by atoms with van der Waals surface area (Å²) in [4.78, 5) is 2.11. The minimum Gasteiger partial charge on any atom is -0.397 e. The average Bonchev–Trinajstić information content (AvgIpc) is 2.90. The Hall–Kier alpha value is -1.86. The maximum Gasteiger partial charge on any atom is 0.160 e. The van der Waals surface area contributed by atoms with E-state index in [1.807, 2.05) is 6.07 Å². The second kappa shape index (κ2) is 6.35. The molecule has 2 N–H and O–H groups in total. The third kappa shape index (κ3) is 2.94. The van der Waals surface area contributed by atoms with Crippen molar-refractivity contribution < 1.29 is 14.1 Å². The zero-order valence-corrected chi connectivity index (χ0v) is 11.1. The van der Waals surface area contributed by atoms with Crippen LogP contribution in [-0.2, 0) is 9.47 Å². The Labute approximate surface area is 111 Å². The number of rotatable bonds is 7. The van der Waals surface area contributed by atoms with Gasteiger partial charge in [0.15, 0.2) is 11.0 Å². The number of methoxy groups -OCH3 is 2. The van der Waals surface area contributed by atoms with Crippen LogP contribution in [0.25, 0.3) is 11.0 Å². The molecular formula is C12H18N4O3. The van der Waals surface area contributed by atoms with E-state index in [0.29, 0.717) is 29.9 Å². The highest BCUT2D eigenvalue weighted by Crippen LogP contribution is 2.28. The van der Waals surface area contributed by atoms with Gasteiger partial charge in [0.25, 0.3) is 0 Å². The van der Waals surface area contributed by atoms with Crippen LogP contribution in [0.1, 0.15) is 0 Å². The molecule has 7 heteroatoms. The largest absolute Gasteiger partial charge is 0.397 e. The van der Waals surface area contributed by atoms with Gasteiger partial charge < -0.3 is 20.1 Å². The van der Waals surface area contributed by atoms with Crippen molar-refractivity contribution in [1.29, 1.82) is 0 Å². The second-order valence-electron chi connectivity index (χ2n) is 4.11. The van der Waals surface area contributed by atoms with Gasteiger partial charge in [-0.05, 0) is 22.4 Å². The molecule has 1 heterocycles. The van der Waals surface area contributed by atoms with E-state index < -0.39 is 0 Å². The molecule has 0 atom stereocenters. The average molecular weight is 266 g/mol. The molecule has 0 bridgehead atoms. The lowest BCUT2D eigenvalue weighted by atomic mass is 10.2. The number of ether oxygens (including phenoxy) is 2. The van der Waals surface area contributed by atoms with Crippen molar-refractivity contribution in [2.45, 2.75) is 0 Å². The summed E-state index contributed by atoms with van der Waals surface area (Å²) < 4.78 is 15.0. The number of hydrogen-bond donors (Lipinski definition) is 1. The molecule has 7 nitrogen and oxygen atoms in total. The van der Waals surface area contributed by atoms with Gasteiger partial charge in [0, 0.05) is 27.3 Å². The van der Waals surface area contributed by atoms with Gasteiger partial charge in [-0.25, -0.2) is 4.63 Å². The summed E-state index contributed by atoms with van der Waals surface area (Å²) in [6, 6.07) is 3.71. The summed E-state index contributed by atoms with van der Waals surface area (Å²) in [5.74, 6) is 0. The summed E-state index contributed by atoms with van der Waals surface area (Å²) in [6.07, 6.45) is 0. The maximum atomic E-state index is 5.84. The highest BCUT2D eigenvalue weighted by molar-refractivity contribution is 5.95. The smallest absolute Gasteiger partial charge is 0.160 e. The molecule has 0 saturated heterocycles. The fraction of sp³-hybridized carbons (Fsp3) is 0.500. The molecule has 0 aliphatic rings. The van der Waals surface area contributed by atoms with Crippen molar-refractivity contribution in [3.63, 3.8) is 0 Å². The normalized spacial score (nSPS) is 11.1. The molecule has 0 aliphatic carbocycles. The van der Waals surface area contributed by atoms with E-state index in [-0.39, 0.29) is 0 Å². The number of nitrogen functional groups attached to an aromatic ring is 1. The quantitative estimate of drug-likeness (QED) is 0.745.